The molecule has 1 unspecified atom stereocenters. The maximum Gasteiger partial charge on any atom is 0.259 e. The number of nitrogen functional groups attached to an aromatic ring is 1. The monoisotopic (exact) mass is 424 g/mol. The van der Waals surface area contributed by atoms with Gasteiger partial charge in [-0.25, -0.2) is 9.50 Å². The van der Waals surface area contributed by atoms with Crippen molar-refractivity contribution in [2.45, 2.75) is 38.8 Å². The lowest BCUT2D eigenvalue weighted by molar-refractivity contribution is -0.148. The van der Waals surface area contributed by atoms with Crippen molar-refractivity contribution in [1.29, 1.82) is 5.26 Å². The van der Waals surface area contributed by atoms with E-state index in [9.17, 15) is 10.1 Å². The van der Waals surface area contributed by atoms with Crippen molar-refractivity contribution >= 4 is 34.5 Å². The molecule has 1 aromatic carbocycles. The molecule has 1 amide bonds. The maximum atomic E-state index is 13.2. The highest BCUT2D eigenvalue weighted by atomic mass is 35.5. The number of aromatic nitrogens is 3. The van der Waals surface area contributed by atoms with E-state index < -0.39 is 5.60 Å². The van der Waals surface area contributed by atoms with Crippen molar-refractivity contribution in [3.05, 3.63) is 41.2 Å². The Morgan fingerprint density at radius 2 is 2.17 bits per heavy atom. The first-order chi connectivity index (χ1) is 14.3. The van der Waals surface area contributed by atoms with Crippen LogP contribution in [0.5, 0.6) is 0 Å². The zero-order chi connectivity index (χ0) is 21.6. The summed E-state index contributed by atoms with van der Waals surface area (Å²) >= 11 is 6.37. The molecule has 2 N–H and O–H groups in total. The van der Waals surface area contributed by atoms with Crippen LogP contribution in [0, 0.1) is 11.3 Å². The summed E-state index contributed by atoms with van der Waals surface area (Å²) in [6.45, 7) is 5.87. The van der Waals surface area contributed by atoms with Crippen molar-refractivity contribution < 1.29 is 9.53 Å². The average Bonchev–Trinajstić information content (AvgIpc) is 3.07. The van der Waals surface area contributed by atoms with Crippen LogP contribution >= 0.6 is 11.6 Å². The molecular formula is C21H21ClN6O2. The molecule has 0 spiro atoms. The summed E-state index contributed by atoms with van der Waals surface area (Å²) in [6, 6.07) is 9.10. The van der Waals surface area contributed by atoms with E-state index in [1.807, 2.05) is 13.0 Å². The van der Waals surface area contributed by atoms with E-state index in [2.05, 4.69) is 16.2 Å². The number of anilines is 2. The Kier molecular flexibility index (Phi) is 4.88. The predicted octanol–water partition coefficient (Wildman–Crippen LogP) is 3.42. The number of ether oxygens (including phenoxy) is 1. The Bertz CT molecular complexity index is 1200. The van der Waals surface area contributed by atoms with Crippen LogP contribution in [0.15, 0.2) is 30.6 Å². The molecular weight excluding hydrogens is 404 g/mol. The van der Waals surface area contributed by atoms with Crippen molar-refractivity contribution in [3.8, 4) is 17.3 Å². The fourth-order valence-electron chi connectivity index (χ4n) is 3.72. The number of fused-ring (bicyclic) bond motifs is 1. The van der Waals surface area contributed by atoms with Gasteiger partial charge in [0.25, 0.3) is 5.91 Å². The van der Waals surface area contributed by atoms with Gasteiger partial charge in [-0.1, -0.05) is 24.6 Å². The smallest absolute Gasteiger partial charge is 0.259 e. The molecule has 0 radical (unpaired) electrons. The number of rotatable bonds is 3. The Hall–Kier alpha value is -3.15. The Morgan fingerprint density at radius 1 is 1.40 bits per heavy atom. The van der Waals surface area contributed by atoms with Crippen LogP contribution in [0.4, 0.5) is 11.5 Å². The second kappa shape index (κ2) is 7.27. The third kappa shape index (κ3) is 3.07. The van der Waals surface area contributed by atoms with Gasteiger partial charge < -0.3 is 15.4 Å². The molecule has 2 aromatic heterocycles. The number of morpholine rings is 1. The lowest BCUT2D eigenvalue weighted by Crippen LogP contribution is -2.58. The standard InChI is InChI=1S/C21H21ClN6O2/c1-4-14-10-30-21(2,3)20(29)27(14)16-7-12(5-6-13(16)9-23)17-8-15(22)18-19(24)25-11-26-28(17)18/h5-8,11,14H,4,10H2,1-3H3,(H2,24,25,26). The number of nitrogens with two attached hydrogens (primary N) is 1. The molecule has 8 nitrogen and oxygen atoms in total. The summed E-state index contributed by atoms with van der Waals surface area (Å²) < 4.78 is 7.38. The first kappa shape index (κ1) is 20.1. The van der Waals surface area contributed by atoms with E-state index in [0.29, 0.717) is 40.5 Å². The Morgan fingerprint density at radius 3 is 2.87 bits per heavy atom. The number of hydrogen-bond donors (Lipinski definition) is 1. The molecule has 1 atom stereocenters. The minimum absolute atomic E-state index is 0.168. The van der Waals surface area contributed by atoms with E-state index in [-0.39, 0.29) is 17.8 Å². The number of nitrogens with zero attached hydrogens (tertiary/aromatic N) is 5. The van der Waals surface area contributed by atoms with E-state index in [1.165, 1.54) is 6.33 Å². The second-order valence-corrected chi connectivity index (χ2v) is 8.09. The summed E-state index contributed by atoms with van der Waals surface area (Å²) in [5.74, 6) is 0.0881. The summed E-state index contributed by atoms with van der Waals surface area (Å²) in [6.07, 6.45) is 2.05. The average molecular weight is 425 g/mol. The molecule has 1 aliphatic rings. The lowest BCUT2D eigenvalue weighted by atomic mass is 9.98. The highest BCUT2D eigenvalue weighted by molar-refractivity contribution is 6.35. The van der Waals surface area contributed by atoms with Crippen LogP contribution in [-0.2, 0) is 9.53 Å². The van der Waals surface area contributed by atoms with Crippen LogP contribution in [0.1, 0.15) is 32.8 Å². The minimum atomic E-state index is -0.971. The number of hydrogen-bond acceptors (Lipinski definition) is 6. The van der Waals surface area contributed by atoms with Crippen molar-refractivity contribution in [3.63, 3.8) is 0 Å². The zero-order valence-electron chi connectivity index (χ0n) is 16.9. The molecule has 1 saturated heterocycles. The maximum absolute atomic E-state index is 13.2. The van der Waals surface area contributed by atoms with Crippen molar-refractivity contribution in [2.75, 3.05) is 17.2 Å². The van der Waals surface area contributed by atoms with E-state index in [1.54, 1.807) is 41.5 Å². The summed E-state index contributed by atoms with van der Waals surface area (Å²) in [4.78, 5) is 18.9. The van der Waals surface area contributed by atoms with Crippen LogP contribution in [-0.4, -0.2) is 38.8 Å². The third-order valence-corrected chi connectivity index (χ3v) is 5.70. The van der Waals surface area contributed by atoms with Gasteiger partial charge in [0.1, 0.15) is 23.5 Å². The van der Waals surface area contributed by atoms with Gasteiger partial charge in [-0.2, -0.15) is 10.4 Å². The highest BCUT2D eigenvalue weighted by Crippen LogP contribution is 2.36. The van der Waals surface area contributed by atoms with E-state index in [0.717, 1.165) is 5.56 Å². The molecule has 0 aliphatic carbocycles. The minimum Gasteiger partial charge on any atom is -0.382 e. The van der Waals surface area contributed by atoms with Gasteiger partial charge in [-0.3, -0.25) is 4.79 Å². The number of halogens is 1. The fraction of sp³-hybridized carbons (Fsp3) is 0.333. The van der Waals surface area contributed by atoms with Gasteiger partial charge in [0.15, 0.2) is 5.82 Å². The quantitative estimate of drug-likeness (QED) is 0.689. The van der Waals surface area contributed by atoms with Gasteiger partial charge in [-0.15, -0.1) is 0 Å². The number of carbonyl (C=O) groups excluding carboxylic acids is 1. The fourth-order valence-corrected chi connectivity index (χ4v) is 4.00. The molecule has 9 heteroatoms. The molecule has 1 aliphatic heterocycles. The van der Waals surface area contributed by atoms with Crippen LogP contribution in [0.2, 0.25) is 5.02 Å². The number of carbonyl (C=O) groups is 1. The van der Waals surface area contributed by atoms with Crippen LogP contribution in [0.25, 0.3) is 16.8 Å². The van der Waals surface area contributed by atoms with Crippen LogP contribution < -0.4 is 10.6 Å². The predicted molar refractivity (Wildman–Crippen MR) is 114 cm³/mol. The van der Waals surface area contributed by atoms with Gasteiger partial charge in [-0.05, 0) is 38.5 Å². The van der Waals surface area contributed by atoms with E-state index in [4.69, 9.17) is 22.1 Å². The topological polar surface area (TPSA) is 110 Å². The van der Waals surface area contributed by atoms with Crippen molar-refractivity contribution in [2.24, 2.45) is 0 Å². The molecule has 154 valence electrons. The summed E-state index contributed by atoms with van der Waals surface area (Å²) in [7, 11) is 0. The van der Waals surface area contributed by atoms with Crippen LogP contribution in [0.3, 0.4) is 0 Å². The molecule has 3 heterocycles. The number of nitriles is 1. The Labute approximate surface area is 178 Å². The highest BCUT2D eigenvalue weighted by Gasteiger charge is 2.42. The lowest BCUT2D eigenvalue weighted by Gasteiger charge is -2.43. The largest absolute Gasteiger partial charge is 0.382 e. The molecule has 3 aromatic rings. The molecule has 0 bridgehead atoms. The zero-order valence-corrected chi connectivity index (χ0v) is 17.6. The molecule has 1 fully saturated rings. The molecule has 4 rings (SSSR count). The van der Waals surface area contributed by atoms with Gasteiger partial charge in [0.05, 0.1) is 34.6 Å². The molecule has 30 heavy (non-hydrogen) atoms. The number of amides is 1. The SMILES string of the molecule is CCC1COC(C)(C)C(=O)N1c1cc(-c2cc(Cl)c3c(N)ncnn23)ccc1C#N. The first-order valence-electron chi connectivity index (χ1n) is 9.58. The van der Waals surface area contributed by atoms with Gasteiger partial charge in [0.2, 0.25) is 0 Å². The Balaban J connectivity index is 1.91. The normalized spacial score (nSPS) is 18.6. The van der Waals surface area contributed by atoms with Crippen molar-refractivity contribution in [1.82, 2.24) is 14.6 Å². The summed E-state index contributed by atoms with van der Waals surface area (Å²) in [5, 5.41) is 14.4. The van der Waals surface area contributed by atoms with E-state index >= 15 is 0 Å². The van der Waals surface area contributed by atoms with Gasteiger partial charge >= 0.3 is 0 Å². The van der Waals surface area contributed by atoms with Gasteiger partial charge in [0, 0.05) is 5.56 Å². The third-order valence-electron chi connectivity index (χ3n) is 5.42. The first-order valence-corrected chi connectivity index (χ1v) is 9.96. The second-order valence-electron chi connectivity index (χ2n) is 7.69. The molecule has 0 saturated carbocycles. The number of benzene rings is 1. The summed E-state index contributed by atoms with van der Waals surface area (Å²) in [5.41, 5.74) is 7.87.